The molecule has 0 aromatic carbocycles. The number of carbonyl (C=O) groups excluding carboxylic acids is 1. The van der Waals surface area contributed by atoms with Gasteiger partial charge in [0.25, 0.3) is 0 Å². The van der Waals surface area contributed by atoms with Crippen molar-refractivity contribution in [2.45, 2.75) is 32.7 Å². The molecular weight excluding hydrogens is 272 g/mol. The molecule has 0 unspecified atom stereocenters. The number of hydrogen-bond donors (Lipinski definition) is 1. The van der Waals surface area contributed by atoms with Gasteiger partial charge < -0.3 is 19.3 Å². The lowest BCUT2D eigenvalue weighted by Crippen LogP contribution is -2.49. The largest absolute Gasteiger partial charge is 0.481 e. The van der Waals surface area contributed by atoms with Gasteiger partial charge in [-0.05, 0) is 25.3 Å². The Morgan fingerprint density at radius 1 is 1.43 bits per heavy atom. The summed E-state index contributed by atoms with van der Waals surface area (Å²) in [5.41, 5.74) is 0.274. The Hall–Kier alpha value is -1.98. The van der Waals surface area contributed by atoms with Crippen molar-refractivity contribution in [3.8, 4) is 0 Å². The number of urea groups is 1. The molecule has 21 heavy (non-hydrogen) atoms. The molecule has 1 N–H and O–H groups in total. The number of carboxylic acids is 1. The number of nitrogens with zero attached hydrogens (tertiary/aromatic N) is 2. The number of carboxylic acid groups (broad SMARTS) is 1. The van der Waals surface area contributed by atoms with E-state index in [9.17, 15) is 14.7 Å². The SMILES string of the molecule is CCC1(C(=O)O)CCN(C(=O)N(C)Cc2ccoc2)CC1. The standard InChI is InChI=1S/C15H22N2O4/c1-3-15(13(18)19)5-7-17(8-6-15)14(20)16(2)10-12-4-9-21-11-12/h4,9,11H,3,5-8,10H2,1-2H3,(H,18,19). The average molecular weight is 294 g/mol. The molecule has 2 rings (SSSR count). The number of aliphatic carboxylic acids is 1. The maximum absolute atomic E-state index is 12.4. The number of rotatable bonds is 4. The van der Waals surface area contributed by atoms with Crippen LogP contribution in [0.15, 0.2) is 23.0 Å². The number of likely N-dealkylation sites (tertiary alicyclic amines) is 1. The Kier molecular flexibility index (Phi) is 4.55. The molecule has 0 atom stereocenters. The first-order valence-electron chi connectivity index (χ1n) is 7.23. The predicted molar refractivity (Wildman–Crippen MR) is 76.7 cm³/mol. The second-order valence-corrected chi connectivity index (χ2v) is 5.70. The van der Waals surface area contributed by atoms with Crippen molar-refractivity contribution < 1.29 is 19.1 Å². The van der Waals surface area contributed by atoms with Gasteiger partial charge in [-0.25, -0.2) is 4.79 Å². The summed E-state index contributed by atoms with van der Waals surface area (Å²) in [7, 11) is 1.74. The summed E-state index contributed by atoms with van der Waals surface area (Å²) >= 11 is 0. The van der Waals surface area contributed by atoms with Crippen LogP contribution in [0.25, 0.3) is 0 Å². The quantitative estimate of drug-likeness (QED) is 0.925. The van der Waals surface area contributed by atoms with Gasteiger partial charge in [-0.3, -0.25) is 4.79 Å². The minimum Gasteiger partial charge on any atom is -0.481 e. The highest BCUT2D eigenvalue weighted by atomic mass is 16.4. The molecule has 1 aromatic rings. The highest BCUT2D eigenvalue weighted by molar-refractivity contribution is 5.77. The average Bonchev–Trinajstić information content (AvgIpc) is 2.99. The number of carbonyl (C=O) groups is 2. The van der Waals surface area contributed by atoms with Crippen molar-refractivity contribution in [2.75, 3.05) is 20.1 Å². The summed E-state index contributed by atoms with van der Waals surface area (Å²) in [6, 6.07) is 1.76. The van der Waals surface area contributed by atoms with Crippen LogP contribution in [-0.2, 0) is 11.3 Å². The lowest BCUT2D eigenvalue weighted by molar-refractivity contribution is -0.152. The zero-order chi connectivity index (χ0) is 15.5. The molecule has 0 bridgehead atoms. The zero-order valence-corrected chi connectivity index (χ0v) is 12.5. The zero-order valence-electron chi connectivity index (χ0n) is 12.5. The van der Waals surface area contributed by atoms with Crippen molar-refractivity contribution in [3.63, 3.8) is 0 Å². The molecule has 0 saturated carbocycles. The third-order valence-electron chi connectivity index (χ3n) is 4.45. The van der Waals surface area contributed by atoms with Gasteiger partial charge in [-0.15, -0.1) is 0 Å². The molecule has 6 nitrogen and oxygen atoms in total. The number of hydrogen-bond acceptors (Lipinski definition) is 3. The normalized spacial score (nSPS) is 17.5. The van der Waals surface area contributed by atoms with Gasteiger partial charge in [0.2, 0.25) is 0 Å². The van der Waals surface area contributed by atoms with Crippen molar-refractivity contribution in [1.82, 2.24) is 9.80 Å². The predicted octanol–water partition coefficient (Wildman–Crippen LogP) is 2.41. The van der Waals surface area contributed by atoms with Gasteiger partial charge in [0, 0.05) is 25.7 Å². The monoisotopic (exact) mass is 294 g/mol. The van der Waals surface area contributed by atoms with E-state index in [2.05, 4.69) is 0 Å². The van der Waals surface area contributed by atoms with Gasteiger partial charge in [0.1, 0.15) is 0 Å². The van der Waals surface area contributed by atoms with Crippen LogP contribution in [-0.4, -0.2) is 47.0 Å². The number of furan rings is 1. The minimum atomic E-state index is -0.746. The van der Waals surface area contributed by atoms with E-state index >= 15 is 0 Å². The maximum Gasteiger partial charge on any atom is 0.320 e. The molecule has 1 aliphatic rings. The lowest BCUT2D eigenvalue weighted by Gasteiger charge is -2.39. The molecule has 1 aliphatic heterocycles. The molecular formula is C15H22N2O4. The highest BCUT2D eigenvalue weighted by Crippen LogP contribution is 2.35. The Morgan fingerprint density at radius 3 is 2.57 bits per heavy atom. The second kappa shape index (κ2) is 6.20. The number of piperidine rings is 1. The van der Waals surface area contributed by atoms with Gasteiger partial charge in [0.05, 0.1) is 24.5 Å². The van der Waals surface area contributed by atoms with Crippen molar-refractivity contribution in [2.24, 2.45) is 5.41 Å². The molecule has 1 aromatic heterocycles. The summed E-state index contributed by atoms with van der Waals surface area (Å²) in [5, 5.41) is 9.37. The Morgan fingerprint density at radius 2 is 2.10 bits per heavy atom. The Labute approximate surface area is 124 Å². The molecule has 1 fully saturated rings. The molecule has 2 amide bonds. The summed E-state index contributed by atoms with van der Waals surface area (Å²) in [6.07, 6.45) is 4.84. The van der Waals surface area contributed by atoms with Gasteiger partial charge in [-0.2, -0.15) is 0 Å². The third-order valence-corrected chi connectivity index (χ3v) is 4.45. The minimum absolute atomic E-state index is 0.0636. The van der Waals surface area contributed by atoms with E-state index in [-0.39, 0.29) is 6.03 Å². The van der Waals surface area contributed by atoms with E-state index in [0.717, 1.165) is 5.56 Å². The van der Waals surface area contributed by atoms with E-state index in [1.54, 1.807) is 29.4 Å². The van der Waals surface area contributed by atoms with Crippen LogP contribution in [0.4, 0.5) is 4.79 Å². The van der Waals surface area contributed by atoms with E-state index < -0.39 is 11.4 Å². The Balaban J connectivity index is 1.92. The molecule has 0 radical (unpaired) electrons. The summed E-state index contributed by atoms with van der Waals surface area (Å²) in [5.74, 6) is -0.746. The highest BCUT2D eigenvalue weighted by Gasteiger charge is 2.41. The fourth-order valence-corrected chi connectivity index (χ4v) is 2.81. The van der Waals surface area contributed by atoms with Crippen LogP contribution in [0.3, 0.4) is 0 Å². The molecule has 2 heterocycles. The molecule has 0 aliphatic carbocycles. The second-order valence-electron chi connectivity index (χ2n) is 5.70. The van der Waals surface area contributed by atoms with Crippen molar-refractivity contribution in [3.05, 3.63) is 24.2 Å². The van der Waals surface area contributed by atoms with E-state index in [4.69, 9.17) is 4.42 Å². The molecule has 6 heteroatoms. The van der Waals surface area contributed by atoms with Crippen LogP contribution in [0.5, 0.6) is 0 Å². The van der Waals surface area contributed by atoms with Crippen LogP contribution < -0.4 is 0 Å². The van der Waals surface area contributed by atoms with Crippen molar-refractivity contribution in [1.29, 1.82) is 0 Å². The fraction of sp³-hybridized carbons (Fsp3) is 0.600. The molecule has 0 spiro atoms. The summed E-state index contributed by atoms with van der Waals surface area (Å²) in [4.78, 5) is 27.1. The van der Waals surface area contributed by atoms with E-state index in [1.807, 2.05) is 13.0 Å². The fourth-order valence-electron chi connectivity index (χ4n) is 2.81. The van der Waals surface area contributed by atoms with Gasteiger partial charge >= 0.3 is 12.0 Å². The van der Waals surface area contributed by atoms with Crippen LogP contribution in [0.2, 0.25) is 0 Å². The molecule has 116 valence electrons. The first kappa shape index (κ1) is 15.4. The lowest BCUT2D eigenvalue weighted by atomic mass is 9.76. The third kappa shape index (κ3) is 3.20. The Bertz CT molecular complexity index is 490. The van der Waals surface area contributed by atoms with E-state index in [1.165, 1.54) is 0 Å². The first-order chi connectivity index (χ1) is 9.98. The van der Waals surface area contributed by atoms with Crippen LogP contribution in [0, 0.1) is 5.41 Å². The van der Waals surface area contributed by atoms with E-state index in [0.29, 0.717) is 38.9 Å². The smallest absolute Gasteiger partial charge is 0.320 e. The first-order valence-corrected chi connectivity index (χ1v) is 7.23. The van der Waals surface area contributed by atoms with Crippen LogP contribution >= 0.6 is 0 Å². The summed E-state index contributed by atoms with van der Waals surface area (Å²) in [6.45, 7) is 3.38. The maximum atomic E-state index is 12.4. The van der Waals surface area contributed by atoms with Crippen LogP contribution in [0.1, 0.15) is 31.7 Å². The van der Waals surface area contributed by atoms with Gasteiger partial charge in [-0.1, -0.05) is 6.92 Å². The van der Waals surface area contributed by atoms with Gasteiger partial charge in [0.15, 0.2) is 0 Å². The van der Waals surface area contributed by atoms with Crippen molar-refractivity contribution >= 4 is 12.0 Å². The summed E-state index contributed by atoms with van der Waals surface area (Å²) < 4.78 is 4.99. The molecule has 1 saturated heterocycles. The topological polar surface area (TPSA) is 74.0 Å². The number of amides is 2.